The molecule has 2 aromatic rings. The molecule has 172 valence electrons. The van der Waals surface area contributed by atoms with Gasteiger partial charge in [0.25, 0.3) is 0 Å². The summed E-state index contributed by atoms with van der Waals surface area (Å²) in [4.78, 5) is 31.1. The molecule has 0 saturated heterocycles. The third kappa shape index (κ3) is 4.42. The zero-order chi connectivity index (χ0) is 23.5. The summed E-state index contributed by atoms with van der Waals surface area (Å²) >= 11 is 0. The van der Waals surface area contributed by atoms with Crippen molar-refractivity contribution in [1.82, 2.24) is 0 Å². The molecule has 0 amide bonds. The zero-order valence-corrected chi connectivity index (χ0v) is 19.5. The molecular formula is C27H29NO5. The molecule has 1 unspecified atom stereocenters. The van der Waals surface area contributed by atoms with E-state index >= 15 is 0 Å². The number of methoxy groups -OCH3 is 2. The number of ketones is 1. The number of benzene rings is 2. The summed E-state index contributed by atoms with van der Waals surface area (Å²) in [6, 6.07) is 15.5. The predicted octanol–water partition coefficient (Wildman–Crippen LogP) is 4.84. The lowest BCUT2D eigenvalue weighted by Gasteiger charge is -2.38. The molecule has 0 N–H and O–H groups in total. The Kier molecular flexibility index (Phi) is 6.63. The summed E-state index contributed by atoms with van der Waals surface area (Å²) in [5, 5.41) is 0. The summed E-state index contributed by atoms with van der Waals surface area (Å²) in [5.41, 5.74) is 3.85. The number of fused-ring (bicyclic) bond motifs is 1. The van der Waals surface area contributed by atoms with Gasteiger partial charge in [-0.1, -0.05) is 24.3 Å². The number of carbonyl (C=O) groups is 2. The second-order valence-corrected chi connectivity index (χ2v) is 8.40. The molecule has 1 heterocycles. The third-order valence-corrected chi connectivity index (χ3v) is 6.50. The third-order valence-electron chi connectivity index (χ3n) is 6.50. The number of hydrogen-bond donors (Lipinski definition) is 0. The minimum absolute atomic E-state index is 0.0480. The van der Waals surface area contributed by atoms with E-state index in [9.17, 15) is 9.59 Å². The van der Waals surface area contributed by atoms with Crippen molar-refractivity contribution in [1.29, 1.82) is 0 Å². The lowest BCUT2D eigenvalue weighted by atomic mass is 9.66. The Balaban J connectivity index is 1.73. The Bertz CT molecular complexity index is 1100. The van der Waals surface area contributed by atoms with Crippen LogP contribution in [-0.2, 0) is 14.3 Å². The zero-order valence-electron chi connectivity index (χ0n) is 19.5. The van der Waals surface area contributed by atoms with Gasteiger partial charge in [-0.3, -0.25) is 9.79 Å². The van der Waals surface area contributed by atoms with Gasteiger partial charge in [0.15, 0.2) is 0 Å². The first-order valence-corrected chi connectivity index (χ1v) is 11.2. The molecule has 0 aromatic heterocycles. The van der Waals surface area contributed by atoms with Gasteiger partial charge in [-0.2, -0.15) is 0 Å². The highest BCUT2D eigenvalue weighted by atomic mass is 16.5. The second kappa shape index (κ2) is 9.61. The van der Waals surface area contributed by atoms with Gasteiger partial charge in [0, 0.05) is 23.7 Å². The highest BCUT2D eigenvalue weighted by molar-refractivity contribution is 6.12. The van der Waals surface area contributed by atoms with Crippen molar-refractivity contribution < 1.29 is 23.8 Å². The molecule has 4 rings (SSSR count). The fourth-order valence-corrected chi connectivity index (χ4v) is 4.96. The van der Waals surface area contributed by atoms with Gasteiger partial charge in [0.1, 0.15) is 17.3 Å². The first kappa shape index (κ1) is 22.8. The molecule has 0 radical (unpaired) electrons. The van der Waals surface area contributed by atoms with Crippen LogP contribution in [0.2, 0.25) is 0 Å². The van der Waals surface area contributed by atoms with E-state index in [0.717, 1.165) is 28.3 Å². The van der Waals surface area contributed by atoms with Crippen LogP contribution in [0.4, 0.5) is 0 Å². The number of carbonyl (C=O) groups excluding carboxylic acids is 2. The van der Waals surface area contributed by atoms with E-state index in [0.29, 0.717) is 30.7 Å². The number of rotatable bonds is 6. The number of ether oxygens (including phenoxy) is 3. The van der Waals surface area contributed by atoms with Crippen LogP contribution in [0.3, 0.4) is 0 Å². The molecule has 3 atom stereocenters. The van der Waals surface area contributed by atoms with Gasteiger partial charge in [-0.05, 0) is 61.6 Å². The Morgan fingerprint density at radius 3 is 2.18 bits per heavy atom. The Labute approximate surface area is 194 Å². The maximum absolute atomic E-state index is 13.5. The monoisotopic (exact) mass is 447 g/mol. The second-order valence-electron chi connectivity index (χ2n) is 8.40. The fourth-order valence-electron chi connectivity index (χ4n) is 4.96. The van der Waals surface area contributed by atoms with Crippen LogP contribution in [-0.4, -0.2) is 38.3 Å². The average Bonchev–Trinajstić information content (AvgIpc) is 2.83. The summed E-state index contributed by atoms with van der Waals surface area (Å²) in [7, 11) is 3.00. The molecule has 1 aliphatic heterocycles. The molecule has 0 bridgehead atoms. The molecule has 2 aromatic carbocycles. The van der Waals surface area contributed by atoms with Crippen molar-refractivity contribution in [3.8, 4) is 11.5 Å². The van der Waals surface area contributed by atoms with E-state index < -0.39 is 17.8 Å². The number of esters is 1. The summed E-state index contributed by atoms with van der Waals surface area (Å²) in [6.07, 6.45) is 1.07. The normalized spacial score (nSPS) is 22.4. The van der Waals surface area contributed by atoms with Crippen LogP contribution in [0.15, 0.2) is 64.8 Å². The molecule has 6 heteroatoms. The lowest BCUT2D eigenvalue weighted by Crippen LogP contribution is -2.41. The Morgan fingerprint density at radius 2 is 1.58 bits per heavy atom. The standard InChI is InChI=1S/C27H29NO5/c1-5-33-21-12-8-18(9-13-21)25-24(27(30)32-4)16(2)28-22-14-19(15-23(29)26(22)25)17-6-10-20(31-3)11-7-17/h6-13,19,25-26H,5,14-15H2,1-4H3/t19-,25-,26?/m1/s1. The van der Waals surface area contributed by atoms with Gasteiger partial charge in [0.2, 0.25) is 0 Å². The topological polar surface area (TPSA) is 74.2 Å². The lowest BCUT2D eigenvalue weighted by molar-refractivity contribution is -0.136. The molecule has 0 spiro atoms. The number of Topliss-reactive ketones (excluding diaryl/α,β-unsaturated/α-hetero) is 1. The molecular weight excluding hydrogens is 418 g/mol. The van der Waals surface area contributed by atoms with Gasteiger partial charge < -0.3 is 14.2 Å². The molecule has 33 heavy (non-hydrogen) atoms. The maximum Gasteiger partial charge on any atom is 0.336 e. The van der Waals surface area contributed by atoms with E-state index in [4.69, 9.17) is 19.2 Å². The average molecular weight is 448 g/mol. The summed E-state index contributed by atoms with van der Waals surface area (Å²) < 4.78 is 15.9. The van der Waals surface area contributed by atoms with Crippen molar-refractivity contribution in [2.24, 2.45) is 10.9 Å². The summed E-state index contributed by atoms with van der Waals surface area (Å²) in [6.45, 7) is 4.32. The van der Waals surface area contributed by atoms with E-state index in [1.165, 1.54) is 7.11 Å². The number of hydrogen-bond acceptors (Lipinski definition) is 6. The SMILES string of the molecule is CCOc1ccc([C@@H]2C(C(=O)OC)=C(C)N=C3C[C@@H](c4ccc(OC)cc4)CC(=O)C32)cc1. The molecule has 6 nitrogen and oxygen atoms in total. The number of allylic oxidation sites excluding steroid dienone is 1. The minimum atomic E-state index is -0.477. The van der Waals surface area contributed by atoms with Gasteiger partial charge in [0.05, 0.1) is 32.3 Å². The molecule has 1 aliphatic carbocycles. The Hall–Kier alpha value is -3.41. The molecule has 1 saturated carbocycles. The largest absolute Gasteiger partial charge is 0.497 e. The number of nitrogens with zero attached hydrogens (tertiary/aromatic N) is 1. The van der Waals surface area contributed by atoms with Crippen LogP contribution < -0.4 is 9.47 Å². The van der Waals surface area contributed by atoms with Crippen molar-refractivity contribution in [3.63, 3.8) is 0 Å². The first-order chi connectivity index (χ1) is 16.0. The van der Waals surface area contributed by atoms with E-state index in [-0.39, 0.29) is 11.7 Å². The van der Waals surface area contributed by atoms with Gasteiger partial charge in [-0.25, -0.2) is 4.79 Å². The van der Waals surface area contributed by atoms with E-state index in [1.54, 1.807) is 7.11 Å². The minimum Gasteiger partial charge on any atom is -0.497 e. The van der Waals surface area contributed by atoms with Crippen molar-refractivity contribution >= 4 is 17.5 Å². The predicted molar refractivity (Wildman–Crippen MR) is 126 cm³/mol. The maximum atomic E-state index is 13.5. The van der Waals surface area contributed by atoms with Crippen LogP contribution in [0, 0.1) is 5.92 Å². The van der Waals surface area contributed by atoms with E-state index in [2.05, 4.69) is 0 Å². The van der Waals surface area contributed by atoms with Crippen molar-refractivity contribution in [3.05, 3.63) is 70.9 Å². The fraction of sp³-hybridized carbons (Fsp3) is 0.370. The Morgan fingerprint density at radius 1 is 0.939 bits per heavy atom. The smallest absolute Gasteiger partial charge is 0.336 e. The quantitative estimate of drug-likeness (QED) is 0.593. The molecule has 2 aliphatic rings. The van der Waals surface area contributed by atoms with Crippen molar-refractivity contribution in [2.45, 2.75) is 38.5 Å². The first-order valence-electron chi connectivity index (χ1n) is 11.2. The van der Waals surface area contributed by atoms with Crippen LogP contribution in [0.1, 0.15) is 49.7 Å². The molecule has 1 fully saturated rings. The number of aliphatic imine (C=N–C) groups is 1. The van der Waals surface area contributed by atoms with Crippen molar-refractivity contribution in [2.75, 3.05) is 20.8 Å². The summed E-state index contributed by atoms with van der Waals surface area (Å²) in [5.74, 6) is 0.326. The van der Waals surface area contributed by atoms with Crippen LogP contribution in [0.25, 0.3) is 0 Å². The van der Waals surface area contributed by atoms with E-state index in [1.807, 2.05) is 62.4 Å². The van der Waals surface area contributed by atoms with Crippen LogP contribution >= 0.6 is 0 Å². The van der Waals surface area contributed by atoms with Crippen LogP contribution in [0.5, 0.6) is 11.5 Å². The highest BCUT2D eigenvalue weighted by Crippen LogP contribution is 2.46. The highest BCUT2D eigenvalue weighted by Gasteiger charge is 2.45. The van der Waals surface area contributed by atoms with Gasteiger partial charge in [-0.15, -0.1) is 0 Å². The van der Waals surface area contributed by atoms with Gasteiger partial charge >= 0.3 is 5.97 Å².